The first-order valence-electron chi connectivity index (χ1n) is 5.28. The minimum Gasteiger partial charge on any atom is -0.466 e. The summed E-state index contributed by atoms with van der Waals surface area (Å²) in [4.78, 5) is 22.5. The van der Waals surface area contributed by atoms with E-state index in [4.69, 9.17) is 14.7 Å². The fourth-order valence-corrected chi connectivity index (χ4v) is 1.24. The van der Waals surface area contributed by atoms with Gasteiger partial charge in [0.1, 0.15) is 5.92 Å². The molecule has 0 aromatic heterocycles. The van der Waals surface area contributed by atoms with E-state index in [1.54, 1.807) is 20.8 Å². The highest BCUT2D eigenvalue weighted by Crippen LogP contribution is 2.17. The van der Waals surface area contributed by atoms with Crippen molar-refractivity contribution >= 4 is 11.9 Å². The summed E-state index contributed by atoms with van der Waals surface area (Å²) in [5, 5.41) is 8.83. The molecule has 16 heavy (non-hydrogen) atoms. The van der Waals surface area contributed by atoms with Crippen LogP contribution in [0.15, 0.2) is 0 Å². The number of nitrogens with zero attached hydrogens (tertiary/aromatic N) is 1. The van der Waals surface area contributed by atoms with Crippen molar-refractivity contribution in [2.24, 2.45) is 11.8 Å². The highest BCUT2D eigenvalue weighted by atomic mass is 16.5. The zero-order chi connectivity index (χ0) is 12.6. The SMILES string of the molecule is CCOC(=O)C[C@@H](C)[C@H](C#N)C(=O)OCC. The van der Waals surface area contributed by atoms with Crippen molar-refractivity contribution in [3.05, 3.63) is 0 Å². The van der Waals surface area contributed by atoms with Crippen LogP contribution in [0.2, 0.25) is 0 Å². The van der Waals surface area contributed by atoms with Gasteiger partial charge in [0.05, 0.1) is 19.3 Å². The third kappa shape index (κ3) is 4.78. The minimum atomic E-state index is -0.913. The first kappa shape index (κ1) is 14.4. The Morgan fingerprint density at radius 1 is 1.25 bits per heavy atom. The van der Waals surface area contributed by atoms with Crippen molar-refractivity contribution < 1.29 is 19.1 Å². The predicted octanol–water partition coefficient (Wildman–Crippen LogP) is 1.28. The second-order valence-corrected chi connectivity index (χ2v) is 3.35. The Morgan fingerprint density at radius 2 is 1.81 bits per heavy atom. The highest BCUT2D eigenvalue weighted by Gasteiger charge is 2.28. The lowest BCUT2D eigenvalue weighted by Gasteiger charge is -2.15. The number of nitriles is 1. The smallest absolute Gasteiger partial charge is 0.323 e. The molecule has 0 spiro atoms. The van der Waals surface area contributed by atoms with Crippen LogP contribution < -0.4 is 0 Å². The van der Waals surface area contributed by atoms with Crippen molar-refractivity contribution in [2.75, 3.05) is 13.2 Å². The van der Waals surface area contributed by atoms with Crippen molar-refractivity contribution in [1.82, 2.24) is 0 Å². The summed E-state index contributed by atoms with van der Waals surface area (Å²) in [6.07, 6.45) is 0.0465. The molecule has 0 fully saturated rings. The monoisotopic (exact) mass is 227 g/mol. The lowest BCUT2D eigenvalue weighted by molar-refractivity contribution is -0.149. The molecule has 0 aliphatic rings. The number of carbonyl (C=O) groups is 2. The van der Waals surface area contributed by atoms with E-state index in [-0.39, 0.29) is 13.0 Å². The molecule has 0 bridgehead atoms. The minimum absolute atomic E-state index is 0.0465. The van der Waals surface area contributed by atoms with Crippen molar-refractivity contribution in [2.45, 2.75) is 27.2 Å². The number of hydrogen-bond acceptors (Lipinski definition) is 5. The van der Waals surface area contributed by atoms with E-state index in [0.717, 1.165) is 0 Å². The topological polar surface area (TPSA) is 76.4 Å². The van der Waals surface area contributed by atoms with E-state index in [0.29, 0.717) is 6.61 Å². The Morgan fingerprint density at radius 3 is 2.25 bits per heavy atom. The average molecular weight is 227 g/mol. The van der Waals surface area contributed by atoms with Crippen LogP contribution in [0.3, 0.4) is 0 Å². The molecule has 0 N–H and O–H groups in total. The molecule has 2 atom stereocenters. The molecule has 0 saturated heterocycles. The summed E-state index contributed by atoms with van der Waals surface area (Å²) < 4.78 is 9.49. The summed E-state index contributed by atoms with van der Waals surface area (Å²) in [5.74, 6) is -2.30. The van der Waals surface area contributed by atoms with E-state index >= 15 is 0 Å². The van der Waals surface area contributed by atoms with Gasteiger partial charge in [-0.1, -0.05) is 6.92 Å². The largest absolute Gasteiger partial charge is 0.466 e. The molecule has 0 unspecified atom stereocenters. The highest BCUT2D eigenvalue weighted by molar-refractivity contribution is 5.77. The van der Waals surface area contributed by atoms with Gasteiger partial charge >= 0.3 is 11.9 Å². The summed E-state index contributed by atoms with van der Waals surface area (Å²) in [6.45, 7) is 5.55. The van der Waals surface area contributed by atoms with E-state index < -0.39 is 23.8 Å². The van der Waals surface area contributed by atoms with E-state index in [2.05, 4.69) is 0 Å². The van der Waals surface area contributed by atoms with Gasteiger partial charge in [-0.15, -0.1) is 0 Å². The summed E-state index contributed by atoms with van der Waals surface area (Å²) >= 11 is 0. The molecule has 0 saturated carbocycles. The van der Waals surface area contributed by atoms with Gasteiger partial charge < -0.3 is 9.47 Å². The van der Waals surface area contributed by atoms with Crippen LogP contribution in [0, 0.1) is 23.2 Å². The maximum Gasteiger partial charge on any atom is 0.323 e. The Kier molecular flexibility index (Phi) is 6.93. The average Bonchev–Trinajstić information content (AvgIpc) is 2.19. The summed E-state index contributed by atoms with van der Waals surface area (Å²) in [5.41, 5.74) is 0. The molecule has 90 valence electrons. The van der Waals surface area contributed by atoms with E-state index in [9.17, 15) is 9.59 Å². The lowest BCUT2D eigenvalue weighted by atomic mass is 9.92. The predicted molar refractivity (Wildman–Crippen MR) is 56.2 cm³/mol. The molecule has 0 heterocycles. The maximum absolute atomic E-state index is 11.4. The first-order valence-corrected chi connectivity index (χ1v) is 5.28. The Balaban J connectivity index is 4.32. The second-order valence-electron chi connectivity index (χ2n) is 3.35. The number of carbonyl (C=O) groups excluding carboxylic acids is 2. The van der Waals surface area contributed by atoms with Gasteiger partial charge in [-0.25, -0.2) is 0 Å². The third-order valence-electron chi connectivity index (χ3n) is 2.04. The van der Waals surface area contributed by atoms with Gasteiger partial charge in [-0.3, -0.25) is 9.59 Å². The van der Waals surface area contributed by atoms with Crippen LogP contribution >= 0.6 is 0 Å². The molecular formula is C11H17NO4. The van der Waals surface area contributed by atoms with Crippen LogP contribution in [0.1, 0.15) is 27.2 Å². The van der Waals surface area contributed by atoms with Gasteiger partial charge in [0.2, 0.25) is 0 Å². The molecule has 0 aliphatic carbocycles. The standard InChI is InChI=1S/C11H17NO4/c1-4-15-10(13)6-8(3)9(7-12)11(14)16-5-2/h8-9H,4-6H2,1-3H3/t8-,9+/m1/s1. The van der Waals surface area contributed by atoms with Gasteiger partial charge in [-0.05, 0) is 19.8 Å². The zero-order valence-electron chi connectivity index (χ0n) is 9.86. The Labute approximate surface area is 95.3 Å². The fourth-order valence-electron chi connectivity index (χ4n) is 1.24. The fraction of sp³-hybridized carbons (Fsp3) is 0.727. The molecule has 0 amide bonds. The molecule has 5 nitrogen and oxygen atoms in total. The summed E-state index contributed by atoms with van der Waals surface area (Å²) in [6, 6.07) is 1.85. The van der Waals surface area contributed by atoms with Gasteiger partial charge in [0.15, 0.2) is 0 Å². The number of ether oxygens (including phenoxy) is 2. The van der Waals surface area contributed by atoms with Gasteiger partial charge in [0.25, 0.3) is 0 Å². The molecule has 0 aromatic rings. The number of rotatable bonds is 6. The third-order valence-corrected chi connectivity index (χ3v) is 2.04. The van der Waals surface area contributed by atoms with Crippen molar-refractivity contribution in [1.29, 1.82) is 5.26 Å². The first-order chi connectivity index (χ1) is 7.56. The summed E-state index contributed by atoms with van der Waals surface area (Å²) in [7, 11) is 0. The number of esters is 2. The van der Waals surface area contributed by atoms with E-state index in [1.807, 2.05) is 6.07 Å². The van der Waals surface area contributed by atoms with Crippen LogP contribution in [-0.2, 0) is 19.1 Å². The van der Waals surface area contributed by atoms with Crippen molar-refractivity contribution in [3.8, 4) is 6.07 Å². The van der Waals surface area contributed by atoms with E-state index in [1.165, 1.54) is 0 Å². The number of hydrogen-bond donors (Lipinski definition) is 0. The second kappa shape index (κ2) is 7.69. The molecule has 0 aromatic carbocycles. The quantitative estimate of drug-likeness (QED) is 0.639. The Hall–Kier alpha value is -1.57. The Bertz CT molecular complexity index is 282. The molecule has 0 aliphatic heterocycles. The molecular weight excluding hydrogens is 210 g/mol. The van der Waals surface area contributed by atoms with Crippen LogP contribution in [-0.4, -0.2) is 25.2 Å². The zero-order valence-corrected chi connectivity index (χ0v) is 9.86. The normalized spacial score (nSPS) is 13.4. The lowest BCUT2D eigenvalue weighted by Crippen LogP contribution is -2.25. The van der Waals surface area contributed by atoms with Crippen molar-refractivity contribution in [3.63, 3.8) is 0 Å². The van der Waals surface area contributed by atoms with Gasteiger partial charge in [0, 0.05) is 6.42 Å². The van der Waals surface area contributed by atoms with Crippen LogP contribution in [0.25, 0.3) is 0 Å². The molecule has 0 radical (unpaired) electrons. The molecule has 5 heteroatoms. The van der Waals surface area contributed by atoms with Crippen LogP contribution in [0.4, 0.5) is 0 Å². The van der Waals surface area contributed by atoms with Gasteiger partial charge in [-0.2, -0.15) is 5.26 Å². The van der Waals surface area contributed by atoms with Crippen LogP contribution in [0.5, 0.6) is 0 Å². The maximum atomic E-state index is 11.4. The molecule has 0 rings (SSSR count).